The molecule has 180 valence electrons. The molecule has 11 heteroatoms. The van der Waals surface area contributed by atoms with E-state index in [1.54, 1.807) is 7.11 Å². The molecule has 3 aromatic heterocycles. The van der Waals surface area contributed by atoms with Gasteiger partial charge in [-0.3, -0.25) is 4.79 Å². The molecular weight excluding hydrogens is 448 g/mol. The molecule has 0 atom stereocenters. The summed E-state index contributed by atoms with van der Waals surface area (Å²) in [6.07, 6.45) is 3.73. The first-order valence-corrected chi connectivity index (χ1v) is 11.3. The first-order valence-electron chi connectivity index (χ1n) is 11.3. The van der Waals surface area contributed by atoms with Crippen LogP contribution in [0.25, 0.3) is 22.6 Å². The number of carbonyl (C=O) groups is 1. The molecular formula is C24H26N8O3. The molecule has 1 aromatic carbocycles. The van der Waals surface area contributed by atoms with E-state index in [4.69, 9.17) is 24.4 Å². The molecule has 1 aliphatic rings. The fourth-order valence-corrected chi connectivity index (χ4v) is 3.97. The van der Waals surface area contributed by atoms with Gasteiger partial charge in [0.05, 0.1) is 32.4 Å². The van der Waals surface area contributed by atoms with Crippen molar-refractivity contribution in [2.45, 2.75) is 6.54 Å². The van der Waals surface area contributed by atoms with Gasteiger partial charge in [-0.05, 0) is 24.3 Å². The van der Waals surface area contributed by atoms with Crippen LogP contribution < -0.4 is 14.5 Å². The fourth-order valence-electron chi connectivity index (χ4n) is 3.97. The Morgan fingerprint density at radius 2 is 1.80 bits per heavy atom. The third-order valence-corrected chi connectivity index (χ3v) is 5.97. The third-order valence-electron chi connectivity index (χ3n) is 5.97. The normalized spacial score (nSPS) is 13.7. The number of anilines is 2. The maximum Gasteiger partial charge on any atom is 0.225 e. The Kier molecular flexibility index (Phi) is 6.23. The standard InChI is InChI=1S/C24H26N8O3/c1-30(24-25-12-16(15-33)13-26-24)14-19-27-20-22(31(19)2)28-21(17-4-6-18(34-3)7-5-17)29-23(20)32-8-10-35-11-9-32/h4-7,12-13,15H,8-11,14H2,1-3H3. The number of aryl methyl sites for hydroxylation is 1. The number of aldehydes is 1. The molecule has 11 nitrogen and oxygen atoms in total. The van der Waals surface area contributed by atoms with Crippen molar-refractivity contribution < 1.29 is 14.3 Å². The number of aromatic nitrogens is 6. The Labute approximate surface area is 202 Å². The van der Waals surface area contributed by atoms with E-state index in [0.717, 1.165) is 53.5 Å². The van der Waals surface area contributed by atoms with E-state index in [2.05, 4.69) is 14.9 Å². The molecule has 1 aliphatic heterocycles. The van der Waals surface area contributed by atoms with E-state index in [1.807, 2.05) is 47.8 Å². The zero-order valence-electron chi connectivity index (χ0n) is 19.9. The lowest BCUT2D eigenvalue weighted by Gasteiger charge is -2.28. The van der Waals surface area contributed by atoms with Crippen LogP contribution in [-0.2, 0) is 18.3 Å². The van der Waals surface area contributed by atoms with Gasteiger partial charge >= 0.3 is 0 Å². The monoisotopic (exact) mass is 474 g/mol. The molecule has 0 radical (unpaired) electrons. The fraction of sp³-hybridized carbons (Fsp3) is 0.333. The lowest BCUT2D eigenvalue weighted by atomic mass is 10.2. The Balaban J connectivity index is 1.55. The molecule has 0 aliphatic carbocycles. The molecule has 1 saturated heterocycles. The number of methoxy groups -OCH3 is 1. The highest BCUT2D eigenvalue weighted by Crippen LogP contribution is 2.29. The average Bonchev–Trinajstić information content (AvgIpc) is 3.23. The number of fused-ring (bicyclic) bond motifs is 1. The van der Waals surface area contributed by atoms with Crippen LogP contribution in [0.15, 0.2) is 36.7 Å². The van der Waals surface area contributed by atoms with Gasteiger partial charge in [-0.1, -0.05) is 0 Å². The molecule has 0 N–H and O–H groups in total. The highest BCUT2D eigenvalue weighted by molar-refractivity contribution is 5.86. The summed E-state index contributed by atoms with van der Waals surface area (Å²) in [5.41, 5.74) is 2.81. The molecule has 0 amide bonds. The Morgan fingerprint density at radius 3 is 2.46 bits per heavy atom. The largest absolute Gasteiger partial charge is 0.497 e. The minimum atomic E-state index is 0.432. The lowest BCUT2D eigenvalue weighted by Crippen LogP contribution is -2.37. The Morgan fingerprint density at radius 1 is 1.09 bits per heavy atom. The minimum absolute atomic E-state index is 0.432. The maximum atomic E-state index is 10.9. The molecule has 0 saturated carbocycles. The summed E-state index contributed by atoms with van der Waals surface area (Å²) in [7, 11) is 5.47. The van der Waals surface area contributed by atoms with E-state index < -0.39 is 0 Å². The van der Waals surface area contributed by atoms with Gasteiger partial charge in [0.1, 0.15) is 11.6 Å². The molecule has 5 rings (SSSR count). The van der Waals surface area contributed by atoms with Crippen molar-refractivity contribution in [3.05, 3.63) is 48.0 Å². The number of carbonyl (C=O) groups excluding carboxylic acids is 1. The zero-order chi connectivity index (χ0) is 24.4. The van der Waals surface area contributed by atoms with Crippen LogP contribution in [-0.4, -0.2) is 76.2 Å². The predicted molar refractivity (Wildman–Crippen MR) is 131 cm³/mol. The second kappa shape index (κ2) is 9.63. The summed E-state index contributed by atoms with van der Waals surface area (Å²) >= 11 is 0. The Hall–Kier alpha value is -4.12. The SMILES string of the molecule is COc1ccc(-c2nc(N3CCOCC3)c3nc(CN(C)c4ncc(C=O)cn4)n(C)c3n2)cc1. The van der Waals surface area contributed by atoms with Crippen molar-refractivity contribution in [3.8, 4) is 17.1 Å². The van der Waals surface area contributed by atoms with Crippen LogP contribution in [0.3, 0.4) is 0 Å². The summed E-state index contributed by atoms with van der Waals surface area (Å²) in [5, 5.41) is 0. The van der Waals surface area contributed by atoms with Gasteiger partial charge in [-0.25, -0.2) is 24.9 Å². The van der Waals surface area contributed by atoms with Crippen molar-refractivity contribution in [2.24, 2.45) is 7.05 Å². The van der Waals surface area contributed by atoms with Crippen LogP contribution in [0.4, 0.5) is 11.8 Å². The topological polar surface area (TPSA) is 111 Å². The molecule has 4 heterocycles. The number of ether oxygens (including phenoxy) is 2. The van der Waals surface area contributed by atoms with E-state index in [1.165, 1.54) is 12.4 Å². The zero-order valence-corrected chi connectivity index (χ0v) is 19.9. The van der Waals surface area contributed by atoms with E-state index in [0.29, 0.717) is 37.1 Å². The highest BCUT2D eigenvalue weighted by atomic mass is 16.5. The third kappa shape index (κ3) is 4.50. The van der Waals surface area contributed by atoms with Gasteiger partial charge in [0.25, 0.3) is 0 Å². The van der Waals surface area contributed by atoms with Gasteiger partial charge in [0, 0.05) is 45.1 Å². The summed E-state index contributed by atoms with van der Waals surface area (Å²) in [4.78, 5) is 38.3. The van der Waals surface area contributed by atoms with Crippen molar-refractivity contribution in [3.63, 3.8) is 0 Å². The number of hydrogen-bond acceptors (Lipinski definition) is 10. The average molecular weight is 475 g/mol. The summed E-state index contributed by atoms with van der Waals surface area (Å²) in [5.74, 6) is 3.48. The van der Waals surface area contributed by atoms with Gasteiger partial charge in [-0.15, -0.1) is 0 Å². The van der Waals surface area contributed by atoms with Crippen molar-refractivity contribution in [1.82, 2.24) is 29.5 Å². The van der Waals surface area contributed by atoms with Crippen LogP contribution in [0.5, 0.6) is 5.75 Å². The van der Waals surface area contributed by atoms with Gasteiger partial charge in [-0.2, -0.15) is 0 Å². The summed E-state index contributed by atoms with van der Waals surface area (Å²) < 4.78 is 12.8. The first kappa shape index (κ1) is 22.7. The molecule has 35 heavy (non-hydrogen) atoms. The van der Waals surface area contributed by atoms with E-state index >= 15 is 0 Å². The number of nitrogens with zero attached hydrogens (tertiary/aromatic N) is 8. The molecule has 0 bridgehead atoms. The molecule has 4 aromatic rings. The van der Waals surface area contributed by atoms with Gasteiger partial charge in [0.15, 0.2) is 29.1 Å². The maximum absolute atomic E-state index is 10.9. The summed E-state index contributed by atoms with van der Waals surface area (Å²) in [6.45, 7) is 3.20. The summed E-state index contributed by atoms with van der Waals surface area (Å²) in [6, 6.07) is 7.70. The van der Waals surface area contributed by atoms with Crippen LogP contribution in [0.2, 0.25) is 0 Å². The highest BCUT2D eigenvalue weighted by Gasteiger charge is 2.23. The van der Waals surface area contributed by atoms with Crippen LogP contribution in [0.1, 0.15) is 16.2 Å². The molecule has 0 spiro atoms. The second-order valence-electron chi connectivity index (χ2n) is 8.25. The van der Waals surface area contributed by atoms with Crippen LogP contribution >= 0.6 is 0 Å². The number of hydrogen-bond donors (Lipinski definition) is 0. The van der Waals surface area contributed by atoms with Gasteiger partial charge < -0.3 is 23.8 Å². The Bertz CT molecular complexity index is 1330. The number of rotatable bonds is 7. The molecule has 0 unspecified atom stereocenters. The first-order chi connectivity index (χ1) is 17.1. The van der Waals surface area contributed by atoms with E-state index in [9.17, 15) is 4.79 Å². The van der Waals surface area contributed by atoms with Crippen LogP contribution in [0, 0.1) is 0 Å². The minimum Gasteiger partial charge on any atom is -0.497 e. The lowest BCUT2D eigenvalue weighted by molar-refractivity contribution is 0.112. The van der Waals surface area contributed by atoms with Crippen molar-refractivity contribution in [1.29, 1.82) is 0 Å². The van der Waals surface area contributed by atoms with E-state index in [-0.39, 0.29) is 0 Å². The quantitative estimate of drug-likeness (QED) is 0.369. The number of imidazole rings is 1. The predicted octanol–water partition coefficient (Wildman–Crippen LogP) is 2.11. The van der Waals surface area contributed by atoms with Crippen molar-refractivity contribution >= 4 is 29.2 Å². The van der Waals surface area contributed by atoms with Gasteiger partial charge in [0.2, 0.25) is 5.95 Å². The number of benzene rings is 1. The second-order valence-corrected chi connectivity index (χ2v) is 8.25. The number of morpholine rings is 1. The van der Waals surface area contributed by atoms with Crippen molar-refractivity contribution in [2.75, 3.05) is 50.3 Å². The molecule has 1 fully saturated rings. The smallest absolute Gasteiger partial charge is 0.225 e.